The lowest BCUT2D eigenvalue weighted by Crippen LogP contribution is -2.46. The molecule has 0 spiro atoms. The monoisotopic (exact) mass is 263 g/mol. The van der Waals surface area contributed by atoms with Crippen molar-refractivity contribution >= 4 is 15.1 Å². The average Bonchev–Trinajstić information content (AvgIpc) is 2.30. The van der Waals surface area contributed by atoms with Crippen LogP contribution in [-0.2, 0) is 18.1 Å². The van der Waals surface area contributed by atoms with Gasteiger partial charge in [0.15, 0.2) is 0 Å². The fraction of sp³-hybridized carbons (Fsp3) is 0.909. The molecule has 0 rings (SSSR count). The lowest BCUT2D eigenvalue weighted by atomic mass is 10.5. The van der Waals surface area contributed by atoms with Gasteiger partial charge < -0.3 is 23.4 Å². The van der Waals surface area contributed by atoms with Crippen LogP contribution in [-0.4, -0.2) is 48.0 Å². The van der Waals surface area contributed by atoms with Crippen LogP contribution in [0.1, 0.15) is 27.2 Å². The van der Waals surface area contributed by atoms with Crippen molar-refractivity contribution in [3.8, 4) is 0 Å². The van der Waals surface area contributed by atoms with Gasteiger partial charge in [-0.2, -0.15) is 0 Å². The van der Waals surface area contributed by atoms with Crippen molar-refractivity contribution in [2.75, 3.05) is 32.9 Å². The smallest absolute Gasteiger partial charge is 0.374 e. The van der Waals surface area contributed by atoms with Crippen molar-refractivity contribution < 1.29 is 18.1 Å². The zero-order valence-electron chi connectivity index (χ0n) is 11.2. The summed E-state index contributed by atoms with van der Waals surface area (Å²) in [6.07, 6.45) is 1.75. The van der Waals surface area contributed by atoms with E-state index in [-0.39, 0.29) is 0 Å². The van der Waals surface area contributed by atoms with Gasteiger partial charge in [-0.05, 0) is 33.7 Å². The lowest BCUT2D eigenvalue weighted by molar-refractivity contribution is -0.107. The molecular weight excluding hydrogens is 238 g/mol. The maximum absolute atomic E-state index is 10.1. The molecule has 0 saturated heterocycles. The van der Waals surface area contributed by atoms with E-state index in [9.17, 15) is 4.79 Å². The molecule has 0 aromatic carbocycles. The van der Waals surface area contributed by atoms with Crippen molar-refractivity contribution in [2.45, 2.75) is 33.2 Å². The zero-order chi connectivity index (χ0) is 13.0. The Hall–Kier alpha value is -0.273. The molecule has 0 fully saturated rings. The second-order valence-electron chi connectivity index (χ2n) is 3.46. The molecule has 0 saturated carbocycles. The Morgan fingerprint density at radius 2 is 1.59 bits per heavy atom. The highest BCUT2D eigenvalue weighted by Gasteiger charge is 2.39. The van der Waals surface area contributed by atoms with Crippen LogP contribution in [0.2, 0.25) is 6.04 Å². The van der Waals surface area contributed by atoms with Gasteiger partial charge in [0, 0.05) is 25.9 Å². The Balaban J connectivity index is 4.08. The third kappa shape index (κ3) is 7.61. The van der Waals surface area contributed by atoms with Crippen LogP contribution >= 0.6 is 0 Å². The van der Waals surface area contributed by atoms with E-state index in [1.54, 1.807) is 0 Å². The van der Waals surface area contributed by atoms with Gasteiger partial charge in [0.2, 0.25) is 0 Å². The summed E-state index contributed by atoms with van der Waals surface area (Å²) < 4.78 is 17.1. The molecule has 0 aromatic rings. The van der Waals surface area contributed by atoms with E-state index in [0.717, 1.165) is 25.3 Å². The zero-order valence-corrected chi connectivity index (χ0v) is 12.2. The predicted octanol–water partition coefficient (Wildman–Crippen LogP) is 1.21. The molecule has 0 atom stereocenters. The van der Waals surface area contributed by atoms with Gasteiger partial charge >= 0.3 is 8.80 Å². The molecule has 0 amide bonds. The minimum absolute atomic E-state index is 0.395. The molecule has 1 N–H and O–H groups in total. The molecule has 6 heteroatoms. The van der Waals surface area contributed by atoms with Crippen molar-refractivity contribution in [1.82, 2.24) is 5.32 Å². The summed E-state index contributed by atoms with van der Waals surface area (Å²) in [6.45, 7) is 8.84. The van der Waals surface area contributed by atoms with Crippen LogP contribution in [0.25, 0.3) is 0 Å². The van der Waals surface area contributed by atoms with Gasteiger partial charge in [-0.15, -0.1) is 0 Å². The van der Waals surface area contributed by atoms with Gasteiger partial charge in [-0.3, -0.25) is 0 Å². The molecule has 0 radical (unpaired) electrons. The average molecular weight is 263 g/mol. The number of aldehydes is 1. The first-order valence-corrected chi connectivity index (χ1v) is 8.24. The molecule has 0 aliphatic rings. The molecule has 0 aromatic heterocycles. The fourth-order valence-electron chi connectivity index (χ4n) is 1.59. The van der Waals surface area contributed by atoms with Gasteiger partial charge in [-0.1, -0.05) is 0 Å². The number of hydrogen-bond acceptors (Lipinski definition) is 5. The standard InChI is InChI=1S/C11H25NO4Si/c1-4-14-17(15-5-2,16-6-3)11-7-8-12-9-10-13/h10,12H,4-9,11H2,1-3H3. The Morgan fingerprint density at radius 3 is 2.00 bits per heavy atom. The van der Waals surface area contributed by atoms with Crippen LogP contribution < -0.4 is 5.32 Å². The summed E-state index contributed by atoms with van der Waals surface area (Å²) in [7, 11) is -2.48. The molecule has 0 heterocycles. The molecular formula is C11H25NO4Si. The Bertz CT molecular complexity index is 175. The van der Waals surface area contributed by atoms with E-state index >= 15 is 0 Å². The van der Waals surface area contributed by atoms with Gasteiger partial charge in [0.25, 0.3) is 0 Å². The summed E-state index contributed by atoms with van der Waals surface area (Å²) in [4.78, 5) is 10.1. The van der Waals surface area contributed by atoms with Gasteiger partial charge in [0.05, 0.1) is 6.54 Å². The van der Waals surface area contributed by atoms with E-state index in [0.29, 0.717) is 26.4 Å². The Morgan fingerprint density at radius 1 is 1.06 bits per heavy atom. The number of nitrogens with one attached hydrogen (secondary N) is 1. The highest BCUT2D eigenvalue weighted by atomic mass is 28.4. The topological polar surface area (TPSA) is 56.8 Å². The largest absolute Gasteiger partial charge is 0.500 e. The summed E-state index contributed by atoms with van der Waals surface area (Å²) >= 11 is 0. The van der Waals surface area contributed by atoms with Crippen LogP contribution in [0.15, 0.2) is 0 Å². The molecule has 102 valence electrons. The maximum atomic E-state index is 10.1. The van der Waals surface area contributed by atoms with Crippen LogP contribution in [0, 0.1) is 0 Å². The third-order valence-electron chi connectivity index (χ3n) is 2.16. The van der Waals surface area contributed by atoms with Crippen LogP contribution in [0.5, 0.6) is 0 Å². The van der Waals surface area contributed by atoms with Gasteiger partial charge in [-0.25, -0.2) is 0 Å². The lowest BCUT2D eigenvalue weighted by Gasteiger charge is -2.28. The molecule has 0 aliphatic carbocycles. The van der Waals surface area contributed by atoms with Crippen molar-refractivity contribution in [3.63, 3.8) is 0 Å². The van der Waals surface area contributed by atoms with E-state index < -0.39 is 8.80 Å². The molecule has 5 nitrogen and oxygen atoms in total. The fourth-order valence-corrected chi connectivity index (χ4v) is 4.20. The summed E-state index contributed by atoms with van der Waals surface area (Å²) in [5, 5.41) is 3.02. The van der Waals surface area contributed by atoms with E-state index in [2.05, 4.69) is 5.32 Å². The first-order valence-electron chi connectivity index (χ1n) is 6.30. The van der Waals surface area contributed by atoms with Crippen LogP contribution in [0.4, 0.5) is 0 Å². The van der Waals surface area contributed by atoms with Crippen molar-refractivity contribution in [3.05, 3.63) is 0 Å². The van der Waals surface area contributed by atoms with E-state index in [1.165, 1.54) is 0 Å². The van der Waals surface area contributed by atoms with Crippen LogP contribution in [0.3, 0.4) is 0 Å². The van der Waals surface area contributed by atoms with Gasteiger partial charge in [0.1, 0.15) is 6.29 Å². The Labute approximate surface area is 105 Å². The maximum Gasteiger partial charge on any atom is 0.500 e. The summed E-state index contributed by atoms with van der Waals surface area (Å²) in [5.74, 6) is 0. The molecule has 0 bridgehead atoms. The Kier molecular flexibility index (Phi) is 10.7. The number of carbonyl (C=O) groups excluding carboxylic acids is 1. The first-order chi connectivity index (χ1) is 8.24. The highest BCUT2D eigenvalue weighted by Crippen LogP contribution is 2.17. The highest BCUT2D eigenvalue weighted by molar-refractivity contribution is 6.60. The molecule has 17 heavy (non-hydrogen) atoms. The minimum Gasteiger partial charge on any atom is -0.374 e. The molecule has 0 aliphatic heterocycles. The first kappa shape index (κ1) is 16.7. The quantitative estimate of drug-likeness (QED) is 0.326. The minimum atomic E-state index is -2.48. The molecule has 0 unspecified atom stereocenters. The second-order valence-corrected chi connectivity index (χ2v) is 6.19. The summed E-state index contributed by atoms with van der Waals surface area (Å²) in [5.41, 5.74) is 0. The number of hydrogen-bond donors (Lipinski definition) is 1. The van der Waals surface area contributed by atoms with Crippen molar-refractivity contribution in [1.29, 1.82) is 0 Å². The second kappa shape index (κ2) is 10.9. The third-order valence-corrected chi connectivity index (χ3v) is 5.31. The number of rotatable bonds is 12. The van der Waals surface area contributed by atoms with E-state index in [4.69, 9.17) is 13.3 Å². The normalized spacial score (nSPS) is 11.7. The van der Waals surface area contributed by atoms with E-state index in [1.807, 2.05) is 20.8 Å². The van der Waals surface area contributed by atoms with Crippen molar-refractivity contribution in [2.24, 2.45) is 0 Å². The predicted molar refractivity (Wildman–Crippen MR) is 69.0 cm³/mol. The SMILES string of the molecule is CCO[Si](CCCNCC=O)(OCC)OCC. The summed E-state index contributed by atoms with van der Waals surface area (Å²) in [6, 6.07) is 0.786. The number of carbonyl (C=O) groups is 1.